The van der Waals surface area contributed by atoms with Gasteiger partial charge in [-0.05, 0) is 43.4 Å². The standard InChI is InChI=1S/C17H23N3O3S/c1-20-17-10-6-5-9-15(17)16(19-20)13-18-24(21,22)12-11-23-14-7-3-2-4-8-14/h2-4,7-8,18H,5-6,9-13H2,1H3. The lowest BCUT2D eigenvalue weighted by Crippen LogP contribution is -2.29. The predicted octanol–water partition coefficient (Wildman–Crippen LogP) is 1.80. The van der Waals surface area contributed by atoms with Gasteiger partial charge in [-0.1, -0.05) is 18.2 Å². The zero-order chi connectivity index (χ0) is 17.0. The molecule has 1 aliphatic carbocycles. The van der Waals surface area contributed by atoms with Crippen molar-refractivity contribution in [2.24, 2.45) is 7.05 Å². The highest BCUT2D eigenvalue weighted by Gasteiger charge is 2.20. The molecule has 0 radical (unpaired) electrons. The first-order chi connectivity index (χ1) is 11.6. The molecule has 130 valence electrons. The topological polar surface area (TPSA) is 73.2 Å². The maximum Gasteiger partial charge on any atom is 0.215 e. The van der Waals surface area contributed by atoms with Crippen LogP contribution in [0.4, 0.5) is 0 Å². The second-order valence-electron chi connectivity index (χ2n) is 6.00. The molecule has 1 N–H and O–H groups in total. The van der Waals surface area contributed by atoms with Gasteiger partial charge in [-0.3, -0.25) is 4.68 Å². The molecular weight excluding hydrogens is 326 g/mol. The Labute approximate surface area is 142 Å². The van der Waals surface area contributed by atoms with Crippen LogP contribution >= 0.6 is 0 Å². The van der Waals surface area contributed by atoms with Crippen LogP contribution < -0.4 is 9.46 Å². The number of benzene rings is 1. The number of aromatic nitrogens is 2. The first-order valence-electron chi connectivity index (χ1n) is 8.24. The average Bonchev–Trinajstić information content (AvgIpc) is 2.91. The van der Waals surface area contributed by atoms with Gasteiger partial charge in [0.15, 0.2) is 0 Å². The van der Waals surface area contributed by atoms with E-state index in [1.165, 1.54) is 17.7 Å². The summed E-state index contributed by atoms with van der Waals surface area (Å²) in [5, 5.41) is 4.48. The van der Waals surface area contributed by atoms with Crippen molar-refractivity contribution in [3.8, 4) is 5.75 Å². The molecule has 0 fully saturated rings. The summed E-state index contributed by atoms with van der Waals surface area (Å²) in [6.45, 7) is 0.372. The molecule has 0 saturated carbocycles. The van der Waals surface area contributed by atoms with E-state index in [1.54, 1.807) is 12.1 Å². The third kappa shape index (κ3) is 4.15. The number of nitrogens with one attached hydrogen (secondary N) is 1. The summed E-state index contributed by atoms with van der Waals surface area (Å²) in [6, 6.07) is 9.21. The zero-order valence-electron chi connectivity index (χ0n) is 13.9. The largest absolute Gasteiger partial charge is 0.492 e. The number of para-hydroxylation sites is 1. The zero-order valence-corrected chi connectivity index (χ0v) is 14.7. The number of aryl methyl sites for hydroxylation is 1. The van der Waals surface area contributed by atoms with Crippen LogP contribution in [0.3, 0.4) is 0 Å². The molecule has 0 aliphatic heterocycles. The van der Waals surface area contributed by atoms with E-state index in [-0.39, 0.29) is 18.9 Å². The summed E-state index contributed by atoms with van der Waals surface area (Å²) in [4.78, 5) is 0. The molecule has 0 saturated heterocycles. The normalized spacial score (nSPS) is 14.4. The molecule has 0 spiro atoms. The minimum Gasteiger partial charge on any atom is -0.492 e. The SMILES string of the molecule is Cn1nc(CNS(=O)(=O)CCOc2ccccc2)c2c1CCCC2. The molecule has 1 aliphatic rings. The lowest BCUT2D eigenvalue weighted by Gasteiger charge is -2.13. The summed E-state index contributed by atoms with van der Waals surface area (Å²) in [5.74, 6) is 0.600. The Bertz CT molecular complexity index is 785. The Balaban J connectivity index is 1.54. The molecule has 0 bridgehead atoms. The number of hydrogen-bond acceptors (Lipinski definition) is 4. The van der Waals surface area contributed by atoms with Gasteiger partial charge >= 0.3 is 0 Å². The third-order valence-corrected chi connectivity index (χ3v) is 5.56. The predicted molar refractivity (Wildman–Crippen MR) is 92.4 cm³/mol. The van der Waals surface area contributed by atoms with Crippen LogP contribution in [0.15, 0.2) is 30.3 Å². The Morgan fingerprint density at radius 3 is 2.75 bits per heavy atom. The maximum absolute atomic E-state index is 12.1. The van der Waals surface area contributed by atoms with Crippen molar-refractivity contribution >= 4 is 10.0 Å². The summed E-state index contributed by atoms with van der Waals surface area (Å²) in [6.07, 6.45) is 4.33. The molecule has 7 heteroatoms. The number of nitrogens with zero attached hydrogens (tertiary/aromatic N) is 2. The summed E-state index contributed by atoms with van der Waals surface area (Å²) in [7, 11) is -1.47. The van der Waals surface area contributed by atoms with Gasteiger partial charge in [0.1, 0.15) is 12.4 Å². The van der Waals surface area contributed by atoms with Gasteiger partial charge in [-0.2, -0.15) is 5.10 Å². The Morgan fingerprint density at radius 1 is 1.21 bits per heavy atom. The second-order valence-corrected chi connectivity index (χ2v) is 7.93. The van der Waals surface area contributed by atoms with Gasteiger partial charge < -0.3 is 4.74 Å². The second kappa shape index (κ2) is 7.36. The number of sulfonamides is 1. The number of rotatable bonds is 7. The quantitative estimate of drug-likeness (QED) is 0.827. The number of ether oxygens (including phenoxy) is 1. The molecule has 1 aromatic carbocycles. The van der Waals surface area contributed by atoms with Crippen molar-refractivity contribution in [3.05, 3.63) is 47.3 Å². The highest BCUT2D eigenvalue weighted by atomic mass is 32.2. The lowest BCUT2D eigenvalue weighted by molar-refractivity contribution is 0.340. The van der Waals surface area contributed by atoms with Crippen molar-refractivity contribution in [1.29, 1.82) is 0 Å². The van der Waals surface area contributed by atoms with Crippen molar-refractivity contribution < 1.29 is 13.2 Å². The first kappa shape index (κ1) is 17.0. The number of hydrogen-bond donors (Lipinski definition) is 1. The monoisotopic (exact) mass is 349 g/mol. The van der Waals surface area contributed by atoms with Crippen molar-refractivity contribution in [3.63, 3.8) is 0 Å². The van der Waals surface area contributed by atoms with Gasteiger partial charge in [0.2, 0.25) is 10.0 Å². The van der Waals surface area contributed by atoms with Gasteiger partial charge in [0, 0.05) is 12.7 Å². The molecule has 0 atom stereocenters. The van der Waals surface area contributed by atoms with E-state index < -0.39 is 10.0 Å². The van der Waals surface area contributed by atoms with Gasteiger partial charge in [0.25, 0.3) is 0 Å². The lowest BCUT2D eigenvalue weighted by atomic mass is 9.96. The van der Waals surface area contributed by atoms with E-state index in [0.29, 0.717) is 5.75 Å². The van der Waals surface area contributed by atoms with Crippen molar-refractivity contribution in [1.82, 2.24) is 14.5 Å². The van der Waals surface area contributed by atoms with Crippen LogP contribution in [0, 0.1) is 0 Å². The van der Waals surface area contributed by atoms with Crippen LogP contribution in [0.2, 0.25) is 0 Å². The highest BCUT2D eigenvalue weighted by Crippen LogP contribution is 2.23. The third-order valence-electron chi connectivity index (χ3n) is 4.27. The highest BCUT2D eigenvalue weighted by molar-refractivity contribution is 7.89. The van der Waals surface area contributed by atoms with Crippen molar-refractivity contribution in [2.75, 3.05) is 12.4 Å². The van der Waals surface area contributed by atoms with E-state index in [4.69, 9.17) is 4.74 Å². The minimum absolute atomic E-state index is 0.0725. The van der Waals surface area contributed by atoms with E-state index in [1.807, 2.05) is 29.9 Å². The van der Waals surface area contributed by atoms with E-state index in [2.05, 4.69) is 9.82 Å². The molecule has 0 amide bonds. The fourth-order valence-corrected chi connectivity index (χ4v) is 3.84. The minimum atomic E-state index is -3.39. The van der Waals surface area contributed by atoms with E-state index in [9.17, 15) is 8.42 Å². The average molecular weight is 349 g/mol. The van der Waals surface area contributed by atoms with Crippen LogP contribution in [0.1, 0.15) is 29.8 Å². The molecule has 2 aromatic rings. The van der Waals surface area contributed by atoms with Crippen LogP contribution in [-0.4, -0.2) is 30.6 Å². The number of fused-ring (bicyclic) bond motifs is 1. The summed E-state index contributed by atoms with van der Waals surface area (Å²) >= 11 is 0. The molecule has 1 heterocycles. The van der Waals surface area contributed by atoms with Crippen molar-refractivity contribution in [2.45, 2.75) is 32.2 Å². The molecule has 0 unspecified atom stereocenters. The summed E-state index contributed by atoms with van der Waals surface area (Å²) in [5.41, 5.74) is 3.30. The maximum atomic E-state index is 12.1. The van der Waals surface area contributed by atoms with Gasteiger partial charge in [0.05, 0.1) is 18.0 Å². The smallest absolute Gasteiger partial charge is 0.215 e. The van der Waals surface area contributed by atoms with Crippen LogP contribution in [-0.2, 0) is 36.5 Å². The Morgan fingerprint density at radius 2 is 1.96 bits per heavy atom. The summed E-state index contributed by atoms with van der Waals surface area (Å²) < 4.78 is 34.3. The van der Waals surface area contributed by atoms with E-state index in [0.717, 1.165) is 25.0 Å². The van der Waals surface area contributed by atoms with Crippen LogP contribution in [0.25, 0.3) is 0 Å². The molecule has 3 rings (SSSR count). The van der Waals surface area contributed by atoms with Gasteiger partial charge in [-0.15, -0.1) is 0 Å². The Kier molecular flexibility index (Phi) is 5.20. The van der Waals surface area contributed by atoms with E-state index >= 15 is 0 Å². The first-order valence-corrected chi connectivity index (χ1v) is 9.89. The van der Waals surface area contributed by atoms with Crippen LogP contribution in [0.5, 0.6) is 5.75 Å². The van der Waals surface area contributed by atoms with Gasteiger partial charge in [-0.25, -0.2) is 13.1 Å². The fourth-order valence-electron chi connectivity index (χ4n) is 3.04. The fraction of sp³-hybridized carbons (Fsp3) is 0.471. The molecule has 24 heavy (non-hydrogen) atoms. The molecule has 1 aromatic heterocycles. The molecular formula is C17H23N3O3S. The molecule has 6 nitrogen and oxygen atoms in total. The Hall–Kier alpha value is -1.86.